The first-order chi connectivity index (χ1) is 9.16. The van der Waals surface area contributed by atoms with Crippen molar-refractivity contribution < 1.29 is 22.0 Å². The van der Waals surface area contributed by atoms with Gasteiger partial charge in [0.2, 0.25) is 5.91 Å². The first-order valence-electron chi connectivity index (χ1n) is 5.26. The average molecular weight is 392 g/mol. The van der Waals surface area contributed by atoms with Crippen LogP contribution < -0.4 is 15.8 Å². The van der Waals surface area contributed by atoms with Crippen molar-refractivity contribution >= 4 is 43.2 Å². The minimum absolute atomic E-state index is 0.0180. The van der Waals surface area contributed by atoms with Gasteiger partial charge in [0, 0.05) is 0 Å². The zero-order chi connectivity index (χ0) is 15.4. The van der Waals surface area contributed by atoms with Crippen LogP contribution in [0.1, 0.15) is 0 Å². The molecular weight excluding hydrogens is 380 g/mol. The van der Waals surface area contributed by atoms with Crippen molar-refractivity contribution in [1.29, 1.82) is 0 Å². The molecule has 114 valence electrons. The molecule has 1 heterocycles. The predicted molar refractivity (Wildman–Crippen MR) is 74.2 cm³/mol. The van der Waals surface area contributed by atoms with Crippen LogP contribution in [0.2, 0.25) is 0 Å². The Labute approximate surface area is 126 Å². The van der Waals surface area contributed by atoms with Crippen molar-refractivity contribution in [3.05, 3.63) is 15.9 Å². The molecule has 20 heavy (non-hydrogen) atoms. The number of amides is 1. The van der Waals surface area contributed by atoms with Crippen LogP contribution in [0.15, 0.2) is 20.1 Å². The molecule has 0 bridgehead atoms. The highest BCUT2D eigenvalue weighted by molar-refractivity contribution is 9.11. The lowest BCUT2D eigenvalue weighted by molar-refractivity contribution is -0.121. The van der Waals surface area contributed by atoms with Crippen LogP contribution in [0.3, 0.4) is 0 Å². The molecule has 0 aliphatic rings. The number of rotatable bonds is 7. The Hall–Kier alpha value is -0.620. The van der Waals surface area contributed by atoms with E-state index in [0.29, 0.717) is 3.79 Å². The molecule has 0 radical (unpaired) electrons. The van der Waals surface area contributed by atoms with E-state index in [9.17, 15) is 22.0 Å². The summed E-state index contributed by atoms with van der Waals surface area (Å²) in [6, 6.07) is 2.90. The third-order valence-electron chi connectivity index (χ3n) is 2.08. The van der Waals surface area contributed by atoms with Crippen LogP contribution in [0.25, 0.3) is 0 Å². The molecular formula is C9H12BrF2N3O3S2. The highest BCUT2D eigenvalue weighted by Crippen LogP contribution is 2.25. The summed E-state index contributed by atoms with van der Waals surface area (Å²) in [5.41, 5.74) is 4.80. The zero-order valence-corrected chi connectivity index (χ0v) is 13.2. The largest absolute Gasteiger partial charge is 0.349 e. The number of nitrogens with one attached hydrogen (secondary N) is 2. The Morgan fingerprint density at radius 3 is 2.60 bits per heavy atom. The van der Waals surface area contributed by atoms with Crippen molar-refractivity contribution in [1.82, 2.24) is 10.0 Å². The maximum Gasteiger partial charge on any atom is 0.277 e. The maximum absolute atomic E-state index is 12.8. The summed E-state index contributed by atoms with van der Waals surface area (Å²) >= 11 is 4.08. The highest BCUT2D eigenvalue weighted by atomic mass is 79.9. The quantitative estimate of drug-likeness (QED) is 0.629. The van der Waals surface area contributed by atoms with Crippen LogP contribution in [0, 0.1) is 0 Å². The van der Waals surface area contributed by atoms with Crippen LogP contribution in [0.4, 0.5) is 8.78 Å². The number of halogens is 3. The monoisotopic (exact) mass is 391 g/mol. The lowest BCUT2D eigenvalue weighted by Crippen LogP contribution is -2.44. The summed E-state index contributed by atoms with van der Waals surface area (Å²) < 4.78 is 51.7. The van der Waals surface area contributed by atoms with Gasteiger partial charge in [0.25, 0.3) is 15.9 Å². The van der Waals surface area contributed by atoms with E-state index in [2.05, 4.69) is 15.9 Å². The van der Waals surface area contributed by atoms with E-state index in [4.69, 9.17) is 5.73 Å². The summed E-state index contributed by atoms with van der Waals surface area (Å²) in [7, 11) is -3.83. The fourth-order valence-electron chi connectivity index (χ4n) is 1.04. The molecule has 0 aromatic carbocycles. The summed E-state index contributed by atoms with van der Waals surface area (Å²) in [6.45, 7) is -2.46. The SMILES string of the molecule is NCC(F)(F)CNC(=O)CNS(=O)(=O)c1ccc(Br)s1. The number of nitrogens with two attached hydrogens (primary N) is 1. The molecule has 0 unspecified atom stereocenters. The molecule has 0 aliphatic carbocycles. The summed E-state index contributed by atoms with van der Waals surface area (Å²) in [6.07, 6.45) is 0. The van der Waals surface area contributed by atoms with E-state index in [1.165, 1.54) is 6.07 Å². The molecule has 0 saturated heterocycles. The lowest BCUT2D eigenvalue weighted by Gasteiger charge is -2.14. The number of sulfonamides is 1. The number of hydrogen-bond acceptors (Lipinski definition) is 5. The Morgan fingerprint density at radius 1 is 1.45 bits per heavy atom. The summed E-state index contributed by atoms with van der Waals surface area (Å²) in [4.78, 5) is 11.3. The molecule has 0 aliphatic heterocycles. The second kappa shape index (κ2) is 6.89. The molecule has 1 aromatic rings. The van der Waals surface area contributed by atoms with E-state index < -0.39 is 41.5 Å². The number of hydrogen-bond donors (Lipinski definition) is 3. The van der Waals surface area contributed by atoms with E-state index in [-0.39, 0.29) is 4.21 Å². The zero-order valence-electron chi connectivity index (χ0n) is 10.0. The van der Waals surface area contributed by atoms with Crippen molar-refractivity contribution in [2.75, 3.05) is 19.6 Å². The topological polar surface area (TPSA) is 101 Å². The first kappa shape index (κ1) is 17.4. The van der Waals surface area contributed by atoms with Gasteiger partial charge >= 0.3 is 0 Å². The Morgan fingerprint density at radius 2 is 2.10 bits per heavy atom. The number of carbonyl (C=O) groups is 1. The smallest absolute Gasteiger partial charge is 0.277 e. The molecule has 11 heteroatoms. The van der Waals surface area contributed by atoms with Crippen molar-refractivity contribution in [3.8, 4) is 0 Å². The Bertz CT molecular complexity index is 577. The Kier molecular flexibility index (Phi) is 6.01. The third kappa shape index (κ3) is 5.40. The van der Waals surface area contributed by atoms with Gasteiger partial charge in [0.1, 0.15) is 4.21 Å². The van der Waals surface area contributed by atoms with Gasteiger partial charge in [-0.25, -0.2) is 21.9 Å². The molecule has 1 aromatic heterocycles. The molecule has 1 rings (SSSR count). The van der Waals surface area contributed by atoms with Crippen molar-refractivity contribution in [3.63, 3.8) is 0 Å². The normalized spacial score (nSPS) is 12.4. The molecule has 0 atom stereocenters. The number of carbonyl (C=O) groups excluding carboxylic acids is 1. The minimum Gasteiger partial charge on any atom is -0.349 e. The molecule has 1 amide bonds. The van der Waals surface area contributed by atoms with Crippen molar-refractivity contribution in [2.45, 2.75) is 10.1 Å². The maximum atomic E-state index is 12.8. The van der Waals surface area contributed by atoms with E-state index in [1.54, 1.807) is 6.07 Å². The van der Waals surface area contributed by atoms with Gasteiger partial charge < -0.3 is 11.1 Å². The van der Waals surface area contributed by atoms with Crippen LogP contribution in [-0.2, 0) is 14.8 Å². The second-order valence-corrected chi connectivity index (χ2v) is 8.18. The number of alkyl halides is 2. The molecule has 0 saturated carbocycles. The Balaban J connectivity index is 2.49. The van der Waals surface area contributed by atoms with Gasteiger partial charge in [-0.15, -0.1) is 11.3 Å². The molecule has 4 N–H and O–H groups in total. The van der Waals surface area contributed by atoms with Crippen LogP contribution in [0.5, 0.6) is 0 Å². The van der Waals surface area contributed by atoms with Crippen LogP contribution in [-0.4, -0.2) is 39.9 Å². The van der Waals surface area contributed by atoms with Gasteiger partial charge in [0.15, 0.2) is 0 Å². The summed E-state index contributed by atoms with van der Waals surface area (Å²) in [5.74, 6) is -4.08. The van der Waals surface area contributed by atoms with E-state index in [1.807, 2.05) is 10.0 Å². The molecule has 0 spiro atoms. The van der Waals surface area contributed by atoms with E-state index >= 15 is 0 Å². The van der Waals surface area contributed by atoms with Gasteiger partial charge in [-0.1, -0.05) is 0 Å². The van der Waals surface area contributed by atoms with Crippen LogP contribution >= 0.6 is 27.3 Å². The van der Waals surface area contributed by atoms with Gasteiger partial charge in [0.05, 0.1) is 23.4 Å². The fraction of sp³-hybridized carbons (Fsp3) is 0.444. The lowest BCUT2D eigenvalue weighted by atomic mass is 10.3. The average Bonchev–Trinajstić information content (AvgIpc) is 2.82. The fourth-order valence-corrected chi connectivity index (χ4v) is 4.07. The van der Waals surface area contributed by atoms with Gasteiger partial charge in [-0.05, 0) is 28.1 Å². The number of thiophene rings is 1. The molecule has 0 fully saturated rings. The van der Waals surface area contributed by atoms with Gasteiger partial charge in [-0.2, -0.15) is 0 Å². The standard InChI is InChI=1S/C9H12BrF2N3O3S2/c10-6-1-2-8(19-6)20(17,18)15-3-7(16)14-5-9(11,12)4-13/h1-2,15H,3-5,13H2,(H,14,16). The van der Waals surface area contributed by atoms with Crippen molar-refractivity contribution in [2.24, 2.45) is 5.73 Å². The minimum atomic E-state index is -3.83. The van der Waals surface area contributed by atoms with Gasteiger partial charge in [-0.3, -0.25) is 4.79 Å². The summed E-state index contributed by atoms with van der Waals surface area (Å²) in [5, 5.41) is 1.90. The predicted octanol–water partition coefficient (Wildman–Crippen LogP) is 0.499. The first-order valence-corrected chi connectivity index (χ1v) is 8.35. The second-order valence-electron chi connectivity index (χ2n) is 3.72. The van der Waals surface area contributed by atoms with E-state index in [0.717, 1.165) is 11.3 Å². The molecule has 6 nitrogen and oxygen atoms in total. The third-order valence-corrected chi connectivity index (χ3v) is 5.60. The highest BCUT2D eigenvalue weighted by Gasteiger charge is 2.27.